The maximum atomic E-state index is 11.2. The molecule has 1 heterocycles. The van der Waals surface area contributed by atoms with Gasteiger partial charge in [0.15, 0.2) is 0 Å². The number of ether oxygens (including phenoxy) is 1. The maximum Gasteiger partial charge on any atom is 0.243 e. The first-order valence-electron chi connectivity index (χ1n) is 9.03. The second-order valence-electron chi connectivity index (χ2n) is 6.05. The number of hydrogen-bond donors (Lipinski definition) is 0. The summed E-state index contributed by atoms with van der Waals surface area (Å²) in [7, 11) is 0. The molecule has 0 unspecified atom stereocenters. The molecule has 134 valence electrons. The third kappa shape index (κ3) is 6.53. The minimum Gasteiger partial charge on any atom is -0.478 e. The van der Waals surface area contributed by atoms with E-state index in [0.717, 1.165) is 18.5 Å². The number of nitrogens with zero attached hydrogens (tertiary/aromatic N) is 3. The molecule has 0 aliphatic rings. The molecule has 0 radical (unpaired) electrons. The summed E-state index contributed by atoms with van der Waals surface area (Å²) in [6.45, 7) is 4.27. The van der Waals surface area contributed by atoms with E-state index in [4.69, 9.17) is 4.74 Å². The van der Waals surface area contributed by atoms with Crippen molar-refractivity contribution in [1.29, 1.82) is 0 Å². The molecule has 0 bridgehead atoms. The summed E-state index contributed by atoms with van der Waals surface area (Å²) in [4.78, 5) is 15.2. The third-order valence-electron chi connectivity index (χ3n) is 3.82. The van der Waals surface area contributed by atoms with Gasteiger partial charge in [-0.25, -0.2) is 9.67 Å². The lowest BCUT2D eigenvalue weighted by Gasteiger charge is -2.13. The Kier molecular flexibility index (Phi) is 7.89. The smallest absolute Gasteiger partial charge is 0.243 e. The first-order chi connectivity index (χ1) is 12.2. The van der Waals surface area contributed by atoms with Gasteiger partial charge in [-0.1, -0.05) is 57.2 Å². The lowest BCUT2D eigenvalue weighted by Crippen LogP contribution is -2.15. The fourth-order valence-electron chi connectivity index (χ4n) is 2.57. The van der Waals surface area contributed by atoms with Crippen molar-refractivity contribution in [3.63, 3.8) is 0 Å². The Balaban J connectivity index is 2.08. The fraction of sp³-hybridized carbons (Fsp3) is 0.450. The van der Waals surface area contributed by atoms with Crippen LogP contribution in [0, 0.1) is 0 Å². The molecule has 0 N–H and O–H groups in total. The molecule has 2 aromatic rings. The molecule has 0 spiro atoms. The van der Waals surface area contributed by atoms with Crippen LogP contribution in [0.5, 0.6) is 5.88 Å². The predicted octanol–water partition coefficient (Wildman–Crippen LogP) is 4.06. The molecular formula is C20H27N3O2. The zero-order valence-electron chi connectivity index (χ0n) is 15.1. The molecule has 0 aliphatic heterocycles. The Morgan fingerprint density at radius 1 is 1.12 bits per heavy atom. The van der Waals surface area contributed by atoms with Crippen molar-refractivity contribution >= 4 is 5.91 Å². The summed E-state index contributed by atoms with van der Waals surface area (Å²) in [6, 6.07) is 11.6. The van der Waals surface area contributed by atoms with Gasteiger partial charge in [-0.05, 0) is 18.6 Å². The molecule has 1 aromatic carbocycles. The number of carbonyl (C=O) groups excluding carboxylic acids is 1. The van der Waals surface area contributed by atoms with Crippen molar-refractivity contribution in [1.82, 2.24) is 9.78 Å². The van der Waals surface area contributed by atoms with Crippen molar-refractivity contribution in [3.8, 4) is 11.6 Å². The number of aromatic nitrogens is 2. The lowest BCUT2D eigenvalue weighted by atomic mass is 10.1. The number of hydrogen-bond acceptors (Lipinski definition) is 3. The van der Waals surface area contributed by atoms with E-state index in [1.54, 1.807) is 16.9 Å². The Morgan fingerprint density at radius 2 is 1.84 bits per heavy atom. The number of unbranched alkanes of at least 4 members (excludes halogenated alkanes) is 5. The quantitative estimate of drug-likeness (QED) is 0.646. The topological polar surface area (TPSA) is 56.5 Å². The molecule has 0 saturated heterocycles. The first-order valence-corrected chi connectivity index (χ1v) is 9.03. The zero-order chi connectivity index (χ0) is 17.9. The van der Waals surface area contributed by atoms with Gasteiger partial charge in [-0.15, -0.1) is 0 Å². The van der Waals surface area contributed by atoms with Crippen molar-refractivity contribution in [2.24, 2.45) is 4.99 Å². The number of rotatable bonds is 9. The van der Waals surface area contributed by atoms with Crippen molar-refractivity contribution in [3.05, 3.63) is 48.0 Å². The average Bonchev–Trinajstić information content (AvgIpc) is 2.61. The summed E-state index contributed by atoms with van der Waals surface area (Å²) in [5, 5.41) is 4.90. The molecular weight excluding hydrogens is 314 g/mol. The third-order valence-corrected chi connectivity index (χ3v) is 3.82. The molecule has 0 aliphatic carbocycles. The molecule has 5 nitrogen and oxygen atoms in total. The van der Waals surface area contributed by atoms with Crippen LogP contribution in [-0.4, -0.2) is 22.3 Å². The van der Waals surface area contributed by atoms with Crippen molar-refractivity contribution < 1.29 is 9.53 Å². The van der Waals surface area contributed by atoms with Gasteiger partial charge in [-0.2, -0.15) is 5.10 Å². The molecule has 1 aromatic heterocycles. The van der Waals surface area contributed by atoms with Crippen LogP contribution in [0.1, 0.15) is 52.4 Å². The monoisotopic (exact) mass is 341 g/mol. The standard InChI is InChI=1S/C20H27N3O2/c1-3-4-5-6-7-11-14-25-20-15-18(22-17(2)24)16-21-23(20)19-12-9-8-10-13-19/h8-10,12-13,15-16H,3-7,11,14H2,1-2H3/b22-18-. The van der Waals surface area contributed by atoms with Gasteiger partial charge in [0.25, 0.3) is 0 Å². The second kappa shape index (κ2) is 10.4. The number of benzene rings is 1. The normalized spacial score (nSPS) is 11.5. The van der Waals surface area contributed by atoms with Gasteiger partial charge in [0.05, 0.1) is 23.8 Å². The predicted molar refractivity (Wildman–Crippen MR) is 98.7 cm³/mol. The van der Waals surface area contributed by atoms with Gasteiger partial charge in [0, 0.05) is 13.0 Å². The molecule has 25 heavy (non-hydrogen) atoms. The Bertz CT molecular complexity index is 723. The Labute approximate surface area is 149 Å². The van der Waals surface area contributed by atoms with Gasteiger partial charge in [-0.3, -0.25) is 4.79 Å². The summed E-state index contributed by atoms with van der Waals surface area (Å²) in [5.74, 6) is 0.350. The molecule has 1 amide bonds. The highest BCUT2D eigenvalue weighted by atomic mass is 16.5. The lowest BCUT2D eigenvalue weighted by molar-refractivity contribution is -0.116. The van der Waals surface area contributed by atoms with Gasteiger partial charge >= 0.3 is 0 Å². The largest absolute Gasteiger partial charge is 0.478 e. The average molecular weight is 341 g/mol. The van der Waals surface area contributed by atoms with E-state index in [1.165, 1.54) is 32.6 Å². The molecule has 0 saturated carbocycles. The van der Waals surface area contributed by atoms with Gasteiger partial charge in [0.1, 0.15) is 0 Å². The highest BCUT2D eigenvalue weighted by Gasteiger charge is 2.06. The number of carbonyl (C=O) groups is 1. The number of para-hydroxylation sites is 1. The Morgan fingerprint density at radius 3 is 2.56 bits per heavy atom. The van der Waals surface area contributed by atoms with E-state index in [9.17, 15) is 4.79 Å². The highest BCUT2D eigenvalue weighted by molar-refractivity contribution is 5.73. The summed E-state index contributed by atoms with van der Waals surface area (Å²) >= 11 is 0. The van der Waals surface area contributed by atoms with E-state index in [2.05, 4.69) is 17.0 Å². The molecule has 2 rings (SSSR count). The summed E-state index contributed by atoms with van der Waals surface area (Å²) in [6.07, 6.45) is 8.83. The van der Waals surface area contributed by atoms with Crippen LogP contribution < -0.4 is 10.1 Å². The number of amides is 1. The molecule has 0 fully saturated rings. The van der Waals surface area contributed by atoms with Crippen LogP contribution in [0.15, 0.2) is 47.6 Å². The van der Waals surface area contributed by atoms with Crippen molar-refractivity contribution in [2.45, 2.75) is 52.4 Å². The van der Waals surface area contributed by atoms with Crippen LogP contribution in [0.2, 0.25) is 0 Å². The van der Waals surface area contributed by atoms with Crippen LogP contribution in [-0.2, 0) is 4.79 Å². The summed E-state index contributed by atoms with van der Waals surface area (Å²) in [5.41, 5.74) is 0.912. The zero-order valence-corrected chi connectivity index (χ0v) is 15.1. The fourth-order valence-corrected chi connectivity index (χ4v) is 2.57. The van der Waals surface area contributed by atoms with E-state index < -0.39 is 0 Å². The van der Waals surface area contributed by atoms with Crippen LogP contribution in [0.3, 0.4) is 0 Å². The van der Waals surface area contributed by atoms with Crippen molar-refractivity contribution in [2.75, 3.05) is 6.61 Å². The summed E-state index contributed by atoms with van der Waals surface area (Å²) < 4.78 is 7.68. The van der Waals surface area contributed by atoms with Crippen LogP contribution >= 0.6 is 0 Å². The SMILES string of the molecule is CCCCCCCCOc1c/c(=N/C(C)=O)cnn1-c1ccccc1. The van der Waals surface area contributed by atoms with Gasteiger partial charge < -0.3 is 4.74 Å². The minimum atomic E-state index is -0.249. The Hall–Kier alpha value is -2.43. The van der Waals surface area contributed by atoms with Crippen LogP contribution in [0.4, 0.5) is 0 Å². The molecule has 0 atom stereocenters. The van der Waals surface area contributed by atoms with E-state index in [-0.39, 0.29) is 5.91 Å². The van der Waals surface area contributed by atoms with E-state index >= 15 is 0 Å². The highest BCUT2D eigenvalue weighted by Crippen LogP contribution is 2.15. The molecule has 5 heteroatoms. The second-order valence-corrected chi connectivity index (χ2v) is 6.05. The van der Waals surface area contributed by atoms with E-state index in [1.807, 2.05) is 30.3 Å². The van der Waals surface area contributed by atoms with E-state index in [0.29, 0.717) is 17.8 Å². The first kappa shape index (κ1) is 18.9. The van der Waals surface area contributed by atoms with Gasteiger partial charge in [0.2, 0.25) is 11.8 Å². The minimum absolute atomic E-state index is 0.249. The van der Waals surface area contributed by atoms with Crippen LogP contribution in [0.25, 0.3) is 5.69 Å². The maximum absolute atomic E-state index is 11.2.